The Hall–Kier alpha value is -3.21. The number of hydrogen-bond donors (Lipinski definition) is 2. The highest BCUT2D eigenvalue weighted by Crippen LogP contribution is 2.48. The van der Waals surface area contributed by atoms with E-state index in [1.807, 2.05) is 37.3 Å². The van der Waals surface area contributed by atoms with E-state index in [1.54, 1.807) is 19.1 Å². The topological polar surface area (TPSA) is 91.8 Å². The van der Waals surface area contributed by atoms with E-state index in [-0.39, 0.29) is 37.2 Å². The number of carbonyl (C=O) groups is 2. The Morgan fingerprint density at radius 1 is 1.25 bits per heavy atom. The number of ketones is 1. The fourth-order valence-electron chi connectivity index (χ4n) is 5.00. The summed E-state index contributed by atoms with van der Waals surface area (Å²) in [5.41, 5.74) is 4.43. The summed E-state index contributed by atoms with van der Waals surface area (Å²) >= 11 is 1.25. The van der Waals surface area contributed by atoms with Crippen molar-refractivity contribution in [3.05, 3.63) is 80.3 Å². The molecule has 1 aromatic heterocycles. The van der Waals surface area contributed by atoms with Gasteiger partial charge < -0.3 is 15.2 Å². The number of ether oxygens (including phenoxy) is 1. The van der Waals surface area contributed by atoms with Crippen molar-refractivity contribution < 1.29 is 28.2 Å². The summed E-state index contributed by atoms with van der Waals surface area (Å²) in [5, 5.41) is 14.5. The molecule has 3 atom stereocenters. The van der Waals surface area contributed by atoms with Crippen LogP contribution >= 0.6 is 11.3 Å². The number of amides is 1. The molecule has 5 rings (SSSR count). The van der Waals surface area contributed by atoms with E-state index < -0.39 is 17.9 Å². The van der Waals surface area contributed by atoms with Gasteiger partial charge in [-0.25, -0.2) is 13.8 Å². The van der Waals surface area contributed by atoms with Crippen LogP contribution in [0.1, 0.15) is 75.0 Å². The molecule has 2 aliphatic rings. The summed E-state index contributed by atoms with van der Waals surface area (Å²) < 4.78 is 31.8. The van der Waals surface area contributed by atoms with Crippen LogP contribution < -0.4 is 10.1 Å². The average Bonchev–Trinajstić information content (AvgIpc) is 3.34. The highest BCUT2D eigenvalue weighted by atomic mass is 32.1. The van der Waals surface area contributed by atoms with Crippen LogP contribution in [0.2, 0.25) is 0 Å². The molecular weight excluding hydrogens is 536 g/mol. The van der Waals surface area contributed by atoms with Crippen LogP contribution in [-0.2, 0) is 24.3 Å². The second-order valence-electron chi connectivity index (χ2n) is 10.9. The van der Waals surface area contributed by atoms with Crippen LogP contribution in [0.25, 0.3) is 0 Å². The fourth-order valence-corrected chi connectivity index (χ4v) is 6.04. The number of hydrogen-bond acceptors (Lipinski definition) is 7. The summed E-state index contributed by atoms with van der Waals surface area (Å²) in [7, 11) is 0. The number of Topliss-reactive ketones (excluding diaryl/α,β-unsaturated/α-hetero) is 1. The van der Waals surface area contributed by atoms with E-state index in [4.69, 9.17) is 4.74 Å². The van der Waals surface area contributed by atoms with E-state index in [0.717, 1.165) is 22.3 Å². The standard InChI is InChI=1S/C30H33F2N3O4S/c1-17(36)10-27-33-19(3)28(40-27)29(38)34-18(2)21-6-4-20(5-7-21)13-35-14-22-8-9-24(11-25(22)26(37)15-35)39-16-23-12-30(23,31)32/h4-9,11,18,23,26,37H,10,12-16H2,1-3H3,(H,34,38)/t18-,23?,26?/m0/s1. The van der Waals surface area contributed by atoms with Crippen molar-refractivity contribution in [3.8, 4) is 5.75 Å². The second kappa shape index (κ2) is 11.3. The summed E-state index contributed by atoms with van der Waals surface area (Å²) in [4.78, 5) is 31.2. The normalized spacial score (nSPS) is 20.4. The number of nitrogens with one attached hydrogen (secondary N) is 1. The summed E-state index contributed by atoms with van der Waals surface area (Å²) in [6.07, 6.45) is -0.592. The third kappa shape index (κ3) is 6.56. The number of carbonyl (C=O) groups excluding carboxylic acids is 2. The molecule has 2 heterocycles. The van der Waals surface area contributed by atoms with Crippen molar-refractivity contribution in [2.45, 2.75) is 64.8 Å². The Morgan fingerprint density at radius 3 is 2.65 bits per heavy atom. The summed E-state index contributed by atoms with van der Waals surface area (Å²) in [6, 6.07) is 13.2. The number of aliphatic hydroxyl groups excluding tert-OH is 1. The molecule has 7 nitrogen and oxygen atoms in total. The first-order chi connectivity index (χ1) is 19.0. The maximum Gasteiger partial charge on any atom is 0.263 e. The Bertz CT molecular complexity index is 1410. The molecule has 2 N–H and O–H groups in total. The number of nitrogens with zero attached hydrogens (tertiary/aromatic N) is 2. The highest BCUT2D eigenvalue weighted by molar-refractivity contribution is 7.13. The van der Waals surface area contributed by atoms with Crippen molar-refractivity contribution in [3.63, 3.8) is 0 Å². The quantitative estimate of drug-likeness (QED) is 0.351. The van der Waals surface area contributed by atoms with Gasteiger partial charge in [0, 0.05) is 26.1 Å². The first-order valence-corrected chi connectivity index (χ1v) is 14.2. The fraction of sp³-hybridized carbons (Fsp3) is 0.433. The van der Waals surface area contributed by atoms with Gasteiger partial charge in [-0.15, -0.1) is 11.3 Å². The molecule has 1 saturated carbocycles. The van der Waals surface area contributed by atoms with Gasteiger partial charge >= 0.3 is 0 Å². The molecule has 1 aliphatic carbocycles. The molecule has 1 amide bonds. The molecule has 40 heavy (non-hydrogen) atoms. The van der Waals surface area contributed by atoms with Crippen LogP contribution in [0.15, 0.2) is 42.5 Å². The molecule has 0 spiro atoms. The Kier molecular flexibility index (Phi) is 8.03. The number of fused-ring (bicyclic) bond motifs is 1. The number of rotatable bonds is 10. The lowest BCUT2D eigenvalue weighted by molar-refractivity contribution is -0.116. The Morgan fingerprint density at radius 2 is 1.98 bits per heavy atom. The zero-order valence-electron chi connectivity index (χ0n) is 22.7. The number of benzene rings is 2. The molecule has 1 aliphatic heterocycles. The first-order valence-electron chi connectivity index (χ1n) is 13.4. The minimum Gasteiger partial charge on any atom is -0.493 e. The van der Waals surface area contributed by atoms with Crippen molar-refractivity contribution >= 4 is 23.0 Å². The molecule has 10 heteroatoms. The van der Waals surface area contributed by atoms with Crippen LogP contribution in [0.4, 0.5) is 8.78 Å². The van der Waals surface area contributed by atoms with Crippen LogP contribution in [0.3, 0.4) is 0 Å². The molecule has 1 fully saturated rings. The Balaban J connectivity index is 1.15. The molecule has 0 bridgehead atoms. The summed E-state index contributed by atoms with van der Waals surface area (Å²) in [5.74, 6) is -3.02. The molecule has 2 unspecified atom stereocenters. The van der Waals surface area contributed by atoms with Gasteiger partial charge in [0.2, 0.25) is 0 Å². The number of β-amino-alcohol motifs (C(OH)–C–C–N with tert-alkyl or cyclic N) is 1. The summed E-state index contributed by atoms with van der Waals surface area (Å²) in [6.45, 7) is 6.93. The number of aliphatic hydroxyl groups is 1. The average molecular weight is 570 g/mol. The van der Waals surface area contributed by atoms with Gasteiger partial charge in [-0.2, -0.15) is 0 Å². The maximum absolute atomic E-state index is 13.1. The molecule has 3 aromatic rings. The van der Waals surface area contributed by atoms with Gasteiger partial charge in [0.25, 0.3) is 11.8 Å². The number of aromatic nitrogens is 1. The monoisotopic (exact) mass is 569 g/mol. The molecule has 212 valence electrons. The van der Waals surface area contributed by atoms with Crippen molar-refractivity contribution in [2.24, 2.45) is 5.92 Å². The zero-order chi connectivity index (χ0) is 28.6. The van der Waals surface area contributed by atoms with Crippen LogP contribution in [-0.4, -0.2) is 45.8 Å². The number of aryl methyl sites for hydroxylation is 1. The van der Waals surface area contributed by atoms with E-state index in [2.05, 4.69) is 15.2 Å². The van der Waals surface area contributed by atoms with Crippen molar-refractivity contribution in [2.75, 3.05) is 13.2 Å². The van der Waals surface area contributed by atoms with Gasteiger partial charge in [-0.1, -0.05) is 30.3 Å². The van der Waals surface area contributed by atoms with E-state index in [0.29, 0.717) is 41.0 Å². The van der Waals surface area contributed by atoms with Crippen LogP contribution in [0.5, 0.6) is 5.75 Å². The lowest BCUT2D eigenvalue weighted by Gasteiger charge is -2.32. The smallest absolute Gasteiger partial charge is 0.263 e. The van der Waals surface area contributed by atoms with Gasteiger partial charge in [0.15, 0.2) is 0 Å². The maximum atomic E-state index is 13.1. The lowest BCUT2D eigenvalue weighted by Crippen LogP contribution is -2.33. The minimum absolute atomic E-state index is 0.0112. The molecule has 0 saturated heterocycles. The zero-order valence-corrected chi connectivity index (χ0v) is 23.6. The largest absolute Gasteiger partial charge is 0.493 e. The molecule has 0 radical (unpaired) electrons. The van der Waals surface area contributed by atoms with Gasteiger partial charge in [-0.3, -0.25) is 14.5 Å². The number of thiazole rings is 1. The molecular formula is C30H33F2N3O4S. The number of halogens is 2. The lowest BCUT2D eigenvalue weighted by atomic mass is 9.96. The SMILES string of the molecule is CC(=O)Cc1nc(C)c(C(=O)N[C@@H](C)c2ccc(CN3Cc4ccc(OCC5CC5(F)F)cc4C(O)C3)cc2)s1. The third-order valence-electron chi connectivity index (χ3n) is 7.39. The second-order valence-corrected chi connectivity index (χ2v) is 11.9. The van der Waals surface area contributed by atoms with Gasteiger partial charge in [0.05, 0.1) is 36.8 Å². The number of alkyl halides is 2. The van der Waals surface area contributed by atoms with E-state index in [9.17, 15) is 23.5 Å². The predicted octanol–water partition coefficient (Wildman–Crippen LogP) is 5.16. The first kappa shape index (κ1) is 28.3. The Labute approximate surface area is 236 Å². The minimum atomic E-state index is -2.61. The van der Waals surface area contributed by atoms with E-state index in [1.165, 1.54) is 18.3 Å². The van der Waals surface area contributed by atoms with Gasteiger partial charge in [-0.05, 0) is 55.2 Å². The third-order valence-corrected chi connectivity index (χ3v) is 8.55. The highest BCUT2D eigenvalue weighted by Gasteiger charge is 2.57. The predicted molar refractivity (Wildman–Crippen MR) is 148 cm³/mol. The van der Waals surface area contributed by atoms with Gasteiger partial charge in [0.1, 0.15) is 21.4 Å². The van der Waals surface area contributed by atoms with Crippen LogP contribution in [0, 0.1) is 12.8 Å². The van der Waals surface area contributed by atoms with Crippen molar-refractivity contribution in [1.29, 1.82) is 0 Å². The van der Waals surface area contributed by atoms with E-state index >= 15 is 0 Å². The van der Waals surface area contributed by atoms with Crippen molar-refractivity contribution in [1.82, 2.24) is 15.2 Å². The molecule has 2 aromatic carbocycles.